The highest BCUT2D eigenvalue weighted by molar-refractivity contribution is 5.38. The zero-order valence-electron chi connectivity index (χ0n) is 13.3. The Kier molecular flexibility index (Phi) is 5.36. The van der Waals surface area contributed by atoms with Crippen LogP contribution in [0.3, 0.4) is 0 Å². The number of rotatable bonds is 5. The first kappa shape index (κ1) is 16.0. The van der Waals surface area contributed by atoms with Gasteiger partial charge in [-0.15, -0.1) is 0 Å². The van der Waals surface area contributed by atoms with Crippen molar-refractivity contribution in [3.63, 3.8) is 0 Å². The second-order valence-electron chi connectivity index (χ2n) is 6.27. The van der Waals surface area contributed by atoms with Crippen LogP contribution >= 0.6 is 0 Å². The van der Waals surface area contributed by atoms with Crippen LogP contribution in [0.25, 0.3) is 0 Å². The molecular formula is C15H27N5O. The van der Waals surface area contributed by atoms with Crippen molar-refractivity contribution in [2.45, 2.75) is 26.7 Å². The van der Waals surface area contributed by atoms with Gasteiger partial charge >= 0.3 is 0 Å². The summed E-state index contributed by atoms with van der Waals surface area (Å²) in [7, 11) is 0. The third-order valence-electron chi connectivity index (χ3n) is 3.96. The Hall–Kier alpha value is -1.40. The Morgan fingerprint density at radius 3 is 2.52 bits per heavy atom. The molecule has 1 aromatic heterocycles. The lowest BCUT2D eigenvalue weighted by atomic mass is 10.1. The average molecular weight is 293 g/mol. The summed E-state index contributed by atoms with van der Waals surface area (Å²) in [6.45, 7) is 11.8. The van der Waals surface area contributed by atoms with Crippen molar-refractivity contribution in [2.24, 2.45) is 11.7 Å². The van der Waals surface area contributed by atoms with Gasteiger partial charge in [0.1, 0.15) is 11.6 Å². The van der Waals surface area contributed by atoms with Crippen LogP contribution in [0, 0.1) is 5.92 Å². The van der Waals surface area contributed by atoms with Gasteiger partial charge in [0.05, 0.1) is 0 Å². The number of piperazine rings is 1. The number of hydrogen-bond acceptors (Lipinski definition) is 5. The minimum atomic E-state index is -0.0668. The number of aromatic amines is 1. The highest BCUT2D eigenvalue weighted by Crippen LogP contribution is 2.15. The van der Waals surface area contributed by atoms with Crippen molar-refractivity contribution in [3.05, 3.63) is 22.2 Å². The van der Waals surface area contributed by atoms with Crippen LogP contribution in [0.4, 0.5) is 5.82 Å². The van der Waals surface area contributed by atoms with Crippen LogP contribution in [0.5, 0.6) is 0 Å². The largest absolute Gasteiger partial charge is 0.354 e. The highest BCUT2D eigenvalue weighted by Gasteiger charge is 2.20. The molecule has 6 nitrogen and oxygen atoms in total. The highest BCUT2D eigenvalue weighted by atomic mass is 16.1. The molecule has 0 bridgehead atoms. The smallest absolute Gasteiger partial charge is 0.252 e. The number of nitrogens with two attached hydrogens (primary N) is 1. The van der Waals surface area contributed by atoms with Crippen LogP contribution in [0.2, 0.25) is 0 Å². The Labute approximate surface area is 126 Å². The van der Waals surface area contributed by atoms with E-state index in [1.165, 1.54) is 0 Å². The molecule has 0 amide bonds. The number of H-pyrrole nitrogens is 1. The van der Waals surface area contributed by atoms with Crippen LogP contribution in [-0.2, 0) is 0 Å². The van der Waals surface area contributed by atoms with E-state index in [0.29, 0.717) is 5.92 Å². The Morgan fingerprint density at radius 1 is 1.29 bits per heavy atom. The molecule has 1 fully saturated rings. The zero-order valence-corrected chi connectivity index (χ0v) is 13.3. The molecule has 21 heavy (non-hydrogen) atoms. The first-order chi connectivity index (χ1) is 9.99. The monoisotopic (exact) mass is 293 g/mol. The van der Waals surface area contributed by atoms with E-state index in [9.17, 15) is 4.79 Å². The van der Waals surface area contributed by atoms with Gasteiger partial charge in [0.15, 0.2) is 0 Å². The van der Waals surface area contributed by atoms with E-state index in [1.54, 1.807) is 6.07 Å². The van der Waals surface area contributed by atoms with E-state index in [-0.39, 0.29) is 11.5 Å². The van der Waals surface area contributed by atoms with Gasteiger partial charge in [-0.2, -0.15) is 0 Å². The molecular weight excluding hydrogens is 266 g/mol. The van der Waals surface area contributed by atoms with Crippen LogP contribution in [0.15, 0.2) is 10.9 Å². The van der Waals surface area contributed by atoms with E-state index >= 15 is 0 Å². The summed E-state index contributed by atoms with van der Waals surface area (Å²) >= 11 is 0. The van der Waals surface area contributed by atoms with E-state index in [4.69, 9.17) is 5.73 Å². The summed E-state index contributed by atoms with van der Waals surface area (Å²) in [5, 5.41) is 0. The topological polar surface area (TPSA) is 78.2 Å². The standard InChI is InChI=1S/C15H27N5O/c1-11(2)15-17-13(8-14(21)18-15)20-6-4-19(5-7-20)10-12(3)9-16/h8,11-12H,4-7,9-10,16H2,1-3H3,(H,17,18,21). The molecule has 0 saturated carbocycles. The number of hydrogen-bond donors (Lipinski definition) is 2. The number of nitrogens with zero attached hydrogens (tertiary/aromatic N) is 3. The summed E-state index contributed by atoms with van der Waals surface area (Å²) in [6.07, 6.45) is 0. The number of aromatic nitrogens is 2. The Balaban J connectivity index is 2.00. The molecule has 1 aliphatic heterocycles. The minimum Gasteiger partial charge on any atom is -0.354 e. The molecule has 3 N–H and O–H groups in total. The van der Waals surface area contributed by atoms with Crippen LogP contribution < -0.4 is 16.2 Å². The van der Waals surface area contributed by atoms with Crippen molar-refractivity contribution in [1.29, 1.82) is 0 Å². The lowest BCUT2D eigenvalue weighted by molar-refractivity contribution is 0.226. The summed E-state index contributed by atoms with van der Waals surface area (Å²) in [5.41, 5.74) is 5.62. The summed E-state index contributed by atoms with van der Waals surface area (Å²) in [6, 6.07) is 1.60. The van der Waals surface area contributed by atoms with E-state index < -0.39 is 0 Å². The minimum absolute atomic E-state index is 0.0668. The first-order valence-electron chi connectivity index (χ1n) is 7.78. The Bertz CT molecular complexity index is 505. The molecule has 6 heteroatoms. The molecule has 0 aromatic carbocycles. The summed E-state index contributed by atoms with van der Waals surface area (Å²) < 4.78 is 0. The second kappa shape index (κ2) is 7.04. The van der Waals surface area contributed by atoms with Gasteiger partial charge in [0.25, 0.3) is 5.56 Å². The predicted octanol–water partition coefficient (Wildman–Crippen LogP) is 0.610. The van der Waals surface area contributed by atoms with Crippen molar-refractivity contribution in [1.82, 2.24) is 14.9 Å². The van der Waals surface area contributed by atoms with Gasteiger partial charge in [-0.25, -0.2) is 4.98 Å². The van der Waals surface area contributed by atoms with Crippen molar-refractivity contribution in [3.8, 4) is 0 Å². The number of nitrogens with one attached hydrogen (secondary N) is 1. The molecule has 1 unspecified atom stereocenters. The zero-order chi connectivity index (χ0) is 15.4. The van der Waals surface area contributed by atoms with Crippen molar-refractivity contribution >= 4 is 5.82 Å². The maximum atomic E-state index is 11.8. The normalized spacial score (nSPS) is 18.2. The lowest BCUT2D eigenvalue weighted by Gasteiger charge is -2.36. The van der Waals surface area contributed by atoms with Gasteiger partial charge in [-0.05, 0) is 12.5 Å². The fourth-order valence-corrected chi connectivity index (χ4v) is 2.57. The average Bonchev–Trinajstić information content (AvgIpc) is 2.47. The first-order valence-corrected chi connectivity index (χ1v) is 7.78. The van der Waals surface area contributed by atoms with Crippen molar-refractivity contribution in [2.75, 3.05) is 44.2 Å². The second-order valence-corrected chi connectivity index (χ2v) is 6.27. The molecule has 0 radical (unpaired) electrons. The van der Waals surface area contributed by atoms with Crippen LogP contribution in [0.1, 0.15) is 32.5 Å². The Morgan fingerprint density at radius 2 is 1.95 bits per heavy atom. The van der Waals surface area contributed by atoms with E-state index in [2.05, 4.69) is 26.7 Å². The lowest BCUT2D eigenvalue weighted by Crippen LogP contribution is -2.48. The van der Waals surface area contributed by atoms with E-state index in [0.717, 1.165) is 50.9 Å². The molecule has 1 aliphatic rings. The molecule has 1 atom stereocenters. The summed E-state index contributed by atoms with van der Waals surface area (Å²) in [4.78, 5) is 23.8. The van der Waals surface area contributed by atoms with Gasteiger partial charge in [0, 0.05) is 44.7 Å². The SMILES string of the molecule is CC(CN)CN1CCN(c2cc(=O)[nH]c(C(C)C)n2)CC1. The molecule has 118 valence electrons. The fourth-order valence-electron chi connectivity index (χ4n) is 2.57. The maximum Gasteiger partial charge on any atom is 0.252 e. The quantitative estimate of drug-likeness (QED) is 0.831. The fraction of sp³-hybridized carbons (Fsp3) is 0.733. The molecule has 0 spiro atoms. The molecule has 2 rings (SSSR count). The third kappa shape index (κ3) is 4.28. The molecule has 2 heterocycles. The van der Waals surface area contributed by atoms with Gasteiger partial charge in [0.2, 0.25) is 0 Å². The van der Waals surface area contributed by atoms with Gasteiger partial charge in [-0.3, -0.25) is 9.69 Å². The number of anilines is 1. The predicted molar refractivity (Wildman–Crippen MR) is 85.8 cm³/mol. The molecule has 1 aromatic rings. The third-order valence-corrected chi connectivity index (χ3v) is 3.96. The van der Waals surface area contributed by atoms with Crippen molar-refractivity contribution < 1.29 is 0 Å². The molecule has 0 aliphatic carbocycles. The van der Waals surface area contributed by atoms with Gasteiger partial charge < -0.3 is 15.6 Å². The molecule has 1 saturated heterocycles. The maximum absolute atomic E-state index is 11.8. The van der Waals surface area contributed by atoms with Crippen LogP contribution in [-0.4, -0.2) is 54.1 Å². The van der Waals surface area contributed by atoms with E-state index in [1.807, 2.05) is 13.8 Å². The van der Waals surface area contributed by atoms with Gasteiger partial charge in [-0.1, -0.05) is 20.8 Å². The summed E-state index contributed by atoms with van der Waals surface area (Å²) in [5.74, 6) is 2.32.